The Balaban J connectivity index is 1.75. The highest BCUT2D eigenvalue weighted by Gasteiger charge is 2.00. The molecule has 0 saturated carbocycles. The van der Waals surface area contributed by atoms with Crippen molar-refractivity contribution in [1.82, 2.24) is 0 Å². The van der Waals surface area contributed by atoms with E-state index in [1.807, 2.05) is 30.0 Å². The second-order valence-electron chi connectivity index (χ2n) is 4.89. The number of rotatable bonds is 4. The van der Waals surface area contributed by atoms with Crippen LogP contribution in [0.4, 0.5) is 0 Å². The van der Waals surface area contributed by atoms with Crippen molar-refractivity contribution >= 4 is 40.2 Å². The Morgan fingerprint density at radius 3 is 2.38 bits per heavy atom. The molecule has 0 aliphatic carbocycles. The van der Waals surface area contributed by atoms with Crippen LogP contribution in [0.5, 0.6) is 0 Å². The minimum atomic E-state index is 0.783. The summed E-state index contributed by atoms with van der Waals surface area (Å²) in [5.74, 6) is 0.969. The van der Waals surface area contributed by atoms with Gasteiger partial charge in [-0.15, -0.1) is 11.8 Å². The summed E-state index contributed by atoms with van der Waals surface area (Å²) in [5, 5.41) is 3.19. The van der Waals surface area contributed by atoms with Gasteiger partial charge in [0.25, 0.3) is 0 Å². The van der Waals surface area contributed by atoms with Crippen LogP contribution >= 0.6 is 23.4 Å². The van der Waals surface area contributed by atoms with Gasteiger partial charge in [0.2, 0.25) is 0 Å². The average Bonchev–Trinajstić information content (AvgIpc) is 2.53. The van der Waals surface area contributed by atoms with Crippen LogP contribution in [-0.2, 0) is 5.75 Å². The maximum Gasteiger partial charge on any atom is 0.0412 e. The summed E-state index contributed by atoms with van der Waals surface area (Å²) in [7, 11) is 0. The minimum absolute atomic E-state index is 0.783. The summed E-state index contributed by atoms with van der Waals surface area (Å²) in [4.78, 5) is 1.28. The van der Waals surface area contributed by atoms with E-state index >= 15 is 0 Å². The van der Waals surface area contributed by atoms with Gasteiger partial charge in [-0.05, 0) is 46.2 Å². The van der Waals surface area contributed by atoms with Gasteiger partial charge in [0.05, 0.1) is 0 Å². The molecular formula is C19H15ClS. The second kappa shape index (κ2) is 6.38. The molecule has 0 N–H and O–H groups in total. The molecule has 0 unspecified atom stereocenters. The van der Waals surface area contributed by atoms with Crippen LogP contribution in [0.3, 0.4) is 0 Å². The first-order chi connectivity index (χ1) is 10.2. The highest BCUT2D eigenvalue weighted by atomic mass is 35.5. The Hall–Kier alpha value is -1.70. The van der Waals surface area contributed by atoms with Crippen molar-refractivity contribution < 1.29 is 0 Å². The van der Waals surface area contributed by atoms with E-state index in [9.17, 15) is 0 Å². The van der Waals surface area contributed by atoms with Crippen molar-refractivity contribution in [2.75, 3.05) is 0 Å². The number of halogens is 1. The summed E-state index contributed by atoms with van der Waals surface area (Å²) >= 11 is 7.86. The maximum atomic E-state index is 6.01. The van der Waals surface area contributed by atoms with Crippen LogP contribution in [0, 0.1) is 0 Å². The van der Waals surface area contributed by atoms with Crippen molar-refractivity contribution in [3.63, 3.8) is 0 Å². The standard InChI is InChI=1S/C19H15ClS/c1-2-14-3-5-15(6-4-14)13-21-19-10-8-16-11-18(20)9-7-17(16)12-19/h2-12H,1,13H2. The fourth-order valence-electron chi connectivity index (χ4n) is 2.20. The first-order valence-electron chi connectivity index (χ1n) is 6.78. The number of hydrogen-bond acceptors (Lipinski definition) is 1. The third-order valence-corrected chi connectivity index (χ3v) is 4.69. The third-order valence-electron chi connectivity index (χ3n) is 3.39. The van der Waals surface area contributed by atoms with E-state index in [2.05, 4.69) is 55.1 Å². The molecule has 3 aromatic carbocycles. The Labute approximate surface area is 134 Å². The molecule has 0 aromatic heterocycles. The van der Waals surface area contributed by atoms with Gasteiger partial charge in [-0.25, -0.2) is 0 Å². The monoisotopic (exact) mass is 310 g/mol. The minimum Gasteiger partial charge on any atom is -0.121 e. The van der Waals surface area contributed by atoms with E-state index in [1.165, 1.54) is 21.2 Å². The predicted octanol–water partition coefficient (Wildman–Crippen LogP) is 6.43. The molecule has 0 atom stereocenters. The molecule has 0 aliphatic rings. The molecule has 3 aromatic rings. The third kappa shape index (κ3) is 3.49. The van der Waals surface area contributed by atoms with E-state index < -0.39 is 0 Å². The smallest absolute Gasteiger partial charge is 0.0412 e. The molecule has 2 heteroatoms. The Bertz CT molecular complexity index is 775. The first-order valence-corrected chi connectivity index (χ1v) is 8.14. The molecule has 0 fully saturated rings. The van der Waals surface area contributed by atoms with Crippen LogP contribution in [0.15, 0.2) is 72.1 Å². The van der Waals surface area contributed by atoms with Gasteiger partial charge in [0.1, 0.15) is 0 Å². The lowest BCUT2D eigenvalue weighted by atomic mass is 10.1. The SMILES string of the molecule is C=Cc1ccc(CSc2ccc3cc(Cl)ccc3c2)cc1. The lowest BCUT2D eigenvalue weighted by Gasteiger charge is -2.05. The van der Waals surface area contributed by atoms with E-state index in [0.29, 0.717) is 0 Å². The van der Waals surface area contributed by atoms with E-state index in [0.717, 1.165) is 16.3 Å². The second-order valence-corrected chi connectivity index (χ2v) is 6.37. The summed E-state index contributed by atoms with van der Waals surface area (Å²) in [5.41, 5.74) is 2.48. The van der Waals surface area contributed by atoms with E-state index in [4.69, 9.17) is 11.6 Å². The lowest BCUT2D eigenvalue weighted by molar-refractivity contribution is 1.39. The van der Waals surface area contributed by atoms with Gasteiger partial charge < -0.3 is 0 Å². The first kappa shape index (κ1) is 14.2. The number of benzene rings is 3. The van der Waals surface area contributed by atoms with Crippen LogP contribution in [0.1, 0.15) is 11.1 Å². The summed E-state index contributed by atoms with van der Waals surface area (Å²) in [6.07, 6.45) is 1.87. The fraction of sp³-hybridized carbons (Fsp3) is 0.0526. The molecule has 3 rings (SSSR count). The summed E-state index contributed by atoms with van der Waals surface area (Å²) < 4.78 is 0. The quantitative estimate of drug-likeness (QED) is 0.500. The van der Waals surface area contributed by atoms with Gasteiger partial charge in [-0.1, -0.05) is 60.7 Å². The van der Waals surface area contributed by atoms with Gasteiger partial charge in [0, 0.05) is 15.7 Å². The normalized spacial score (nSPS) is 10.7. The van der Waals surface area contributed by atoms with Gasteiger partial charge in [-0.3, -0.25) is 0 Å². The lowest BCUT2D eigenvalue weighted by Crippen LogP contribution is -1.82. The zero-order valence-corrected chi connectivity index (χ0v) is 13.1. The van der Waals surface area contributed by atoms with Gasteiger partial charge in [-0.2, -0.15) is 0 Å². The number of thioether (sulfide) groups is 1. The van der Waals surface area contributed by atoms with Crippen LogP contribution in [-0.4, -0.2) is 0 Å². The molecule has 0 bridgehead atoms. The molecule has 0 radical (unpaired) electrons. The maximum absolute atomic E-state index is 6.01. The molecule has 0 amide bonds. The fourth-order valence-corrected chi connectivity index (χ4v) is 3.28. The van der Waals surface area contributed by atoms with E-state index in [-0.39, 0.29) is 0 Å². The molecule has 0 saturated heterocycles. The van der Waals surface area contributed by atoms with E-state index in [1.54, 1.807) is 0 Å². The molecule has 0 nitrogen and oxygen atoms in total. The zero-order chi connectivity index (χ0) is 14.7. The zero-order valence-electron chi connectivity index (χ0n) is 11.6. The molecule has 0 aliphatic heterocycles. The van der Waals surface area contributed by atoms with Crippen molar-refractivity contribution in [1.29, 1.82) is 0 Å². The summed E-state index contributed by atoms with van der Waals surface area (Å²) in [6.45, 7) is 3.77. The van der Waals surface area contributed by atoms with Crippen LogP contribution in [0.25, 0.3) is 16.8 Å². The molecule has 0 heterocycles. The Morgan fingerprint density at radius 1 is 0.905 bits per heavy atom. The Morgan fingerprint density at radius 2 is 1.62 bits per heavy atom. The topological polar surface area (TPSA) is 0 Å². The van der Waals surface area contributed by atoms with Crippen molar-refractivity contribution in [2.24, 2.45) is 0 Å². The largest absolute Gasteiger partial charge is 0.121 e. The van der Waals surface area contributed by atoms with Crippen molar-refractivity contribution in [3.8, 4) is 0 Å². The molecule has 104 valence electrons. The Kier molecular flexibility index (Phi) is 4.33. The number of hydrogen-bond donors (Lipinski definition) is 0. The predicted molar refractivity (Wildman–Crippen MR) is 95.1 cm³/mol. The average molecular weight is 311 g/mol. The van der Waals surface area contributed by atoms with Crippen molar-refractivity contribution in [2.45, 2.75) is 10.6 Å². The molecular weight excluding hydrogens is 296 g/mol. The van der Waals surface area contributed by atoms with Crippen molar-refractivity contribution in [3.05, 3.63) is 83.4 Å². The van der Waals surface area contributed by atoms with Gasteiger partial charge >= 0.3 is 0 Å². The molecule has 0 spiro atoms. The van der Waals surface area contributed by atoms with Crippen LogP contribution in [0.2, 0.25) is 5.02 Å². The highest BCUT2D eigenvalue weighted by Crippen LogP contribution is 2.28. The van der Waals surface area contributed by atoms with Crippen LogP contribution < -0.4 is 0 Å². The molecule has 21 heavy (non-hydrogen) atoms. The van der Waals surface area contributed by atoms with Gasteiger partial charge in [0.15, 0.2) is 0 Å². The number of fused-ring (bicyclic) bond motifs is 1. The summed E-state index contributed by atoms with van der Waals surface area (Å²) in [6, 6.07) is 21.0. The highest BCUT2D eigenvalue weighted by molar-refractivity contribution is 7.98.